The van der Waals surface area contributed by atoms with Crippen molar-refractivity contribution in [2.75, 3.05) is 6.44 Å². The van der Waals surface area contributed by atoms with Crippen LogP contribution in [0, 0.1) is 0 Å². The molecule has 1 heterocycles. The predicted octanol–water partition coefficient (Wildman–Crippen LogP) is 0.828. The van der Waals surface area contributed by atoms with Gasteiger partial charge in [-0.25, -0.2) is 0 Å². The minimum Gasteiger partial charge on any atom is -0.361 e. The Bertz CT molecular complexity index is 154. The number of rotatable bonds is 1. The van der Waals surface area contributed by atoms with Crippen LogP contribution in [0.4, 0.5) is 0 Å². The topological polar surface area (TPSA) is 12.0 Å². The van der Waals surface area contributed by atoms with E-state index in [0.29, 0.717) is 0 Å². The molecule has 0 aromatic carbocycles. The van der Waals surface area contributed by atoms with Gasteiger partial charge in [0.25, 0.3) is 0 Å². The van der Waals surface area contributed by atoms with Gasteiger partial charge in [0.05, 0.1) is 0 Å². The Morgan fingerprint density at radius 1 is 1.70 bits per heavy atom. The van der Waals surface area contributed by atoms with Crippen molar-refractivity contribution >= 4 is 14.1 Å². The highest BCUT2D eigenvalue weighted by Crippen LogP contribution is 2.13. The fourth-order valence-corrected chi connectivity index (χ4v) is 1.78. The average molecular weight is 135 g/mol. The smallest absolute Gasteiger partial charge is 0.229 e. The lowest BCUT2D eigenvalue weighted by Crippen LogP contribution is -2.39. The minimum atomic E-state index is 0.763. The van der Waals surface area contributed by atoms with Crippen LogP contribution in [0.2, 0.25) is 6.82 Å². The molecule has 0 aromatic heterocycles. The molecule has 1 N–H and O–H groups in total. The Balaban J connectivity index is 2.73. The Morgan fingerprint density at radius 3 is 2.80 bits per heavy atom. The Morgan fingerprint density at radius 2 is 2.40 bits per heavy atom. The number of nitrogens with one attached hydrogen (secondary N) is 1. The molecule has 0 spiro atoms. The van der Waals surface area contributed by atoms with Gasteiger partial charge in [-0.2, -0.15) is 0 Å². The molecular formula is C7H15B2N. The van der Waals surface area contributed by atoms with E-state index in [9.17, 15) is 0 Å². The summed E-state index contributed by atoms with van der Waals surface area (Å²) < 4.78 is 0. The first-order valence-corrected chi connectivity index (χ1v) is 4.15. The highest BCUT2D eigenvalue weighted by atomic mass is 14.7. The van der Waals surface area contributed by atoms with E-state index < -0.39 is 0 Å². The lowest BCUT2D eigenvalue weighted by atomic mass is 9.40. The Kier molecular flexibility index (Phi) is 2.61. The summed E-state index contributed by atoms with van der Waals surface area (Å²) in [7, 11) is 1.10. The van der Waals surface area contributed by atoms with Crippen molar-refractivity contribution < 1.29 is 0 Å². The van der Waals surface area contributed by atoms with Gasteiger partial charge in [-0.15, -0.1) is 10.9 Å². The summed E-state index contributed by atoms with van der Waals surface area (Å²) in [5, 5.41) is 3.39. The summed E-state index contributed by atoms with van der Waals surface area (Å²) in [5.74, 6) is 0. The normalized spacial score (nSPS) is 19.3. The molecule has 0 aliphatic carbocycles. The largest absolute Gasteiger partial charge is 0.361 e. The van der Waals surface area contributed by atoms with Crippen LogP contribution in [-0.2, 0) is 0 Å². The molecule has 1 nitrogen and oxygen atoms in total. The van der Waals surface area contributed by atoms with Crippen molar-refractivity contribution in [2.24, 2.45) is 0 Å². The quantitative estimate of drug-likeness (QED) is 0.524. The van der Waals surface area contributed by atoms with Crippen LogP contribution >= 0.6 is 0 Å². The van der Waals surface area contributed by atoms with Gasteiger partial charge < -0.3 is 5.23 Å². The SMILES string of the molecule is CCC1=C(C)BNCB1C. The summed E-state index contributed by atoms with van der Waals surface area (Å²) >= 11 is 0. The minimum absolute atomic E-state index is 0.763. The van der Waals surface area contributed by atoms with Crippen LogP contribution in [0.15, 0.2) is 10.9 Å². The van der Waals surface area contributed by atoms with Gasteiger partial charge in [-0.1, -0.05) is 20.7 Å². The summed E-state index contributed by atoms with van der Waals surface area (Å²) in [6.07, 6.45) is 2.40. The molecule has 3 heteroatoms. The van der Waals surface area contributed by atoms with Crippen LogP contribution in [0.25, 0.3) is 0 Å². The van der Waals surface area contributed by atoms with Crippen LogP contribution < -0.4 is 5.23 Å². The van der Waals surface area contributed by atoms with Gasteiger partial charge in [0.2, 0.25) is 7.41 Å². The summed E-state index contributed by atoms with van der Waals surface area (Å²) in [4.78, 5) is 0. The number of allylic oxidation sites excluding steroid dienone is 2. The second kappa shape index (κ2) is 3.29. The second-order valence-electron chi connectivity index (χ2n) is 3.19. The van der Waals surface area contributed by atoms with Gasteiger partial charge in [0.15, 0.2) is 6.71 Å². The molecule has 0 saturated heterocycles. The van der Waals surface area contributed by atoms with Crippen LogP contribution in [0.1, 0.15) is 20.3 Å². The Labute approximate surface area is 64.6 Å². The number of hydrogen-bond donors (Lipinski definition) is 1. The van der Waals surface area contributed by atoms with Crippen molar-refractivity contribution in [1.29, 1.82) is 0 Å². The molecule has 54 valence electrons. The van der Waals surface area contributed by atoms with E-state index in [-0.39, 0.29) is 0 Å². The van der Waals surface area contributed by atoms with Crippen molar-refractivity contribution in [1.82, 2.24) is 5.23 Å². The molecule has 0 aromatic rings. The van der Waals surface area contributed by atoms with Crippen molar-refractivity contribution in [3.63, 3.8) is 0 Å². The molecule has 1 aliphatic rings. The molecule has 0 amide bonds. The van der Waals surface area contributed by atoms with E-state index in [1.807, 2.05) is 0 Å². The van der Waals surface area contributed by atoms with E-state index in [2.05, 4.69) is 25.9 Å². The lowest BCUT2D eigenvalue weighted by molar-refractivity contribution is 1.07. The molecule has 0 saturated carbocycles. The van der Waals surface area contributed by atoms with E-state index in [1.54, 1.807) is 10.9 Å². The van der Waals surface area contributed by atoms with Crippen molar-refractivity contribution in [3.8, 4) is 0 Å². The highest BCUT2D eigenvalue weighted by Gasteiger charge is 2.18. The first-order valence-electron chi connectivity index (χ1n) is 4.15. The van der Waals surface area contributed by atoms with Crippen LogP contribution in [0.5, 0.6) is 0 Å². The van der Waals surface area contributed by atoms with E-state index in [1.165, 1.54) is 12.9 Å². The molecule has 0 bridgehead atoms. The van der Waals surface area contributed by atoms with Gasteiger partial charge >= 0.3 is 0 Å². The highest BCUT2D eigenvalue weighted by molar-refractivity contribution is 6.70. The maximum atomic E-state index is 3.39. The number of hydrogen-bond acceptors (Lipinski definition) is 1. The predicted molar refractivity (Wildman–Crippen MR) is 49.8 cm³/mol. The molecule has 0 radical (unpaired) electrons. The molecule has 0 atom stereocenters. The third-order valence-corrected chi connectivity index (χ3v) is 2.36. The summed E-state index contributed by atoms with van der Waals surface area (Å²) in [6, 6.07) is 0. The Hall–Kier alpha value is -0.170. The zero-order valence-corrected chi connectivity index (χ0v) is 7.20. The monoisotopic (exact) mass is 135 g/mol. The van der Waals surface area contributed by atoms with Crippen LogP contribution in [-0.4, -0.2) is 20.6 Å². The maximum absolute atomic E-state index is 3.39. The van der Waals surface area contributed by atoms with E-state index in [4.69, 9.17) is 0 Å². The third-order valence-electron chi connectivity index (χ3n) is 2.36. The summed E-state index contributed by atoms with van der Waals surface area (Å²) in [6.45, 7) is 7.55. The molecule has 10 heavy (non-hydrogen) atoms. The van der Waals surface area contributed by atoms with Gasteiger partial charge in [0.1, 0.15) is 0 Å². The first kappa shape index (κ1) is 7.93. The van der Waals surface area contributed by atoms with Gasteiger partial charge in [-0.05, 0) is 12.9 Å². The third kappa shape index (κ3) is 1.46. The zero-order valence-electron chi connectivity index (χ0n) is 7.20. The lowest BCUT2D eigenvalue weighted by Gasteiger charge is -2.21. The average Bonchev–Trinajstić information content (AvgIpc) is 1.88. The molecule has 0 unspecified atom stereocenters. The molecular weight excluding hydrogens is 120 g/mol. The van der Waals surface area contributed by atoms with E-state index in [0.717, 1.165) is 14.1 Å². The van der Waals surface area contributed by atoms with Gasteiger partial charge in [0, 0.05) is 0 Å². The second-order valence-corrected chi connectivity index (χ2v) is 3.19. The standard InChI is InChI=1S/C7H15B2N/c1-4-7-6(2)8-10-5-9(7)3/h8,10H,4-5H2,1-3H3. The van der Waals surface area contributed by atoms with Crippen LogP contribution in [0.3, 0.4) is 0 Å². The van der Waals surface area contributed by atoms with E-state index >= 15 is 0 Å². The molecule has 1 rings (SSSR count). The van der Waals surface area contributed by atoms with Crippen molar-refractivity contribution in [2.45, 2.75) is 27.1 Å². The van der Waals surface area contributed by atoms with Crippen molar-refractivity contribution in [3.05, 3.63) is 10.9 Å². The maximum Gasteiger partial charge on any atom is 0.229 e. The fraction of sp³-hybridized carbons (Fsp3) is 0.714. The summed E-state index contributed by atoms with van der Waals surface area (Å²) in [5.41, 5.74) is 3.22. The first-order chi connectivity index (χ1) is 4.75. The van der Waals surface area contributed by atoms with Gasteiger partial charge in [-0.3, -0.25) is 0 Å². The fourth-order valence-electron chi connectivity index (χ4n) is 1.78. The molecule has 1 aliphatic heterocycles. The molecule has 0 fully saturated rings. The zero-order chi connectivity index (χ0) is 7.56.